The van der Waals surface area contributed by atoms with E-state index in [1.807, 2.05) is 0 Å². The van der Waals surface area contributed by atoms with Crippen molar-refractivity contribution in [3.05, 3.63) is 36.3 Å². The molecule has 0 unspecified atom stereocenters. The standard InChI is InChI=1S/C12H12FNO2/c1-2-16-12(15)8-14-7-6-9-10(13)4-3-5-11(9)14/h3-7H,2,8H2,1H3. The maximum atomic E-state index is 13.4. The molecule has 3 nitrogen and oxygen atoms in total. The number of benzene rings is 1. The Morgan fingerprint density at radius 1 is 1.44 bits per heavy atom. The van der Waals surface area contributed by atoms with Crippen molar-refractivity contribution < 1.29 is 13.9 Å². The number of carbonyl (C=O) groups excluding carboxylic acids is 1. The lowest BCUT2D eigenvalue weighted by atomic mass is 10.2. The number of fused-ring (bicyclic) bond motifs is 1. The fourth-order valence-electron chi connectivity index (χ4n) is 1.67. The molecule has 2 rings (SSSR count). The van der Waals surface area contributed by atoms with Crippen molar-refractivity contribution >= 4 is 16.9 Å². The van der Waals surface area contributed by atoms with Crippen LogP contribution in [0.5, 0.6) is 0 Å². The molecule has 1 aromatic carbocycles. The van der Waals surface area contributed by atoms with Crippen LogP contribution in [0.3, 0.4) is 0 Å². The molecule has 0 bridgehead atoms. The van der Waals surface area contributed by atoms with Crippen LogP contribution in [0.25, 0.3) is 10.9 Å². The van der Waals surface area contributed by atoms with Crippen LogP contribution in [0.1, 0.15) is 6.92 Å². The molecule has 0 spiro atoms. The van der Waals surface area contributed by atoms with Gasteiger partial charge in [0.1, 0.15) is 12.4 Å². The molecule has 0 atom stereocenters. The van der Waals surface area contributed by atoms with Gasteiger partial charge in [0.05, 0.1) is 12.1 Å². The van der Waals surface area contributed by atoms with Crippen LogP contribution in [-0.4, -0.2) is 17.1 Å². The van der Waals surface area contributed by atoms with E-state index < -0.39 is 0 Å². The Kier molecular flexibility index (Phi) is 2.90. The van der Waals surface area contributed by atoms with Crippen molar-refractivity contribution in [3.8, 4) is 0 Å². The van der Waals surface area contributed by atoms with Gasteiger partial charge in [0, 0.05) is 11.6 Å². The highest BCUT2D eigenvalue weighted by Crippen LogP contribution is 2.18. The maximum absolute atomic E-state index is 13.4. The molecule has 2 aromatic rings. The molecule has 0 radical (unpaired) electrons. The number of rotatable bonds is 3. The van der Waals surface area contributed by atoms with Gasteiger partial charge in [0.2, 0.25) is 0 Å². The zero-order chi connectivity index (χ0) is 11.5. The molecule has 0 aliphatic heterocycles. The van der Waals surface area contributed by atoms with Gasteiger partial charge in [-0.15, -0.1) is 0 Å². The number of ether oxygens (including phenoxy) is 1. The van der Waals surface area contributed by atoms with Crippen LogP contribution >= 0.6 is 0 Å². The van der Waals surface area contributed by atoms with Crippen LogP contribution < -0.4 is 0 Å². The van der Waals surface area contributed by atoms with Gasteiger partial charge in [-0.05, 0) is 25.1 Å². The van der Waals surface area contributed by atoms with Gasteiger partial charge in [-0.25, -0.2) is 4.39 Å². The number of aromatic nitrogens is 1. The van der Waals surface area contributed by atoms with Crippen molar-refractivity contribution in [2.75, 3.05) is 6.61 Å². The van der Waals surface area contributed by atoms with Crippen molar-refractivity contribution in [3.63, 3.8) is 0 Å². The van der Waals surface area contributed by atoms with Gasteiger partial charge < -0.3 is 9.30 Å². The van der Waals surface area contributed by atoms with Crippen LogP contribution in [0.15, 0.2) is 30.5 Å². The third-order valence-electron chi connectivity index (χ3n) is 2.37. The minimum atomic E-state index is -0.315. The molecule has 84 valence electrons. The Morgan fingerprint density at radius 3 is 3.00 bits per heavy atom. The largest absolute Gasteiger partial charge is 0.465 e. The van der Waals surface area contributed by atoms with Crippen LogP contribution in [-0.2, 0) is 16.1 Å². The number of esters is 1. The Balaban J connectivity index is 2.32. The lowest BCUT2D eigenvalue weighted by Gasteiger charge is -2.04. The highest BCUT2D eigenvalue weighted by molar-refractivity contribution is 5.82. The third-order valence-corrected chi connectivity index (χ3v) is 2.37. The number of carbonyl (C=O) groups is 1. The number of hydrogen-bond donors (Lipinski definition) is 0. The van der Waals surface area contributed by atoms with Crippen LogP contribution in [0, 0.1) is 5.82 Å². The van der Waals surface area contributed by atoms with Gasteiger partial charge >= 0.3 is 5.97 Å². The fourth-order valence-corrected chi connectivity index (χ4v) is 1.67. The average molecular weight is 221 g/mol. The van der Waals surface area contributed by atoms with E-state index in [4.69, 9.17) is 4.74 Å². The highest BCUT2D eigenvalue weighted by atomic mass is 19.1. The van der Waals surface area contributed by atoms with Crippen molar-refractivity contribution in [1.82, 2.24) is 4.57 Å². The molecule has 1 heterocycles. The summed E-state index contributed by atoms with van der Waals surface area (Å²) in [6, 6.07) is 6.46. The van der Waals surface area contributed by atoms with Gasteiger partial charge in [-0.3, -0.25) is 4.79 Å². The number of hydrogen-bond acceptors (Lipinski definition) is 2. The Labute approximate surface area is 92.4 Å². The first-order valence-electron chi connectivity index (χ1n) is 5.11. The summed E-state index contributed by atoms with van der Waals surface area (Å²) in [5.41, 5.74) is 0.702. The molecule has 1 aromatic heterocycles. The van der Waals surface area contributed by atoms with Crippen LogP contribution in [0.4, 0.5) is 4.39 Å². The summed E-state index contributed by atoms with van der Waals surface area (Å²) in [6.07, 6.45) is 1.69. The predicted molar refractivity (Wildman–Crippen MR) is 58.5 cm³/mol. The van der Waals surface area contributed by atoms with Crippen molar-refractivity contribution in [2.24, 2.45) is 0 Å². The van der Waals surface area contributed by atoms with Crippen LogP contribution in [0.2, 0.25) is 0 Å². The summed E-state index contributed by atoms with van der Waals surface area (Å²) in [6.45, 7) is 2.22. The zero-order valence-corrected chi connectivity index (χ0v) is 8.94. The number of nitrogens with zero attached hydrogens (tertiary/aromatic N) is 1. The molecule has 0 N–H and O–H groups in total. The SMILES string of the molecule is CCOC(=O)Cn1ccc2c(F)cccc21. The quantitative estimate of drug-likeness (QED) is 0.745. The van der Waals surface area contributed by atoms with E-state index in [2.05, 4.69) is 0 Å². The third kappa shape index (κ3) is 1.91. The summed E-state index contributed by atoms with van der Waals surface area (Å²) < 4.78 is 19.9. The Morgan fingerprint density at radius 2 is 2.25 bits per heavy atom. The van der Waals surface area contributed by atoms with E-state index in [1.54, 1.807) is 35.9 Å². The van der Waals surface area contributed by atoms with Crippen molar-refractivity contribution in [1.29, 1.82) is 0 Å². The highest BCUT2D eigenvalue weighted by Gasteiger charge is 2.08. The predicted octanol–water partition coefficient (Wildman–Crippen LogP) is 2.34. The molecule has 0 amide bonds. The van der Waals surface area contributed by atoms with Crippen molar-refractivity contribution in [2.45, 2.75) is 13.5 Å². The fraction of sp³-hybridized carbons (Fsp3) is 0.250. The topological polar surface area (TPSA) is 31.2 Å². The van der Waals surface area contributed by atoms with E-state index in [-0.39, 0.29) is 18.3 Å². The first kappa shape index (κ1) is 10.7. The van der Waals surface area contributed by atoms with E-state index >= 15 is 0 Å². The van der Waals surface area contributed by atoms with Gasteiger partial charge in [-0.2, -0.15) is 0 Å². The van der Waals surface area contributed by atoms with Gasteiger partial charge in [0.15, 0.2) is 0 Å². The minimum Gasteiger partial charge on any atom is -0.465 e. The lowest BCUT2D eigenvalue weighted by Crippen LogP contribution is -2.12. The molecule has 4 heteroatoms. The summed E-state index contributed by atoms with van der Waals surface area (Å²) >= 11 is 0. The average Bonchev–Trinajstić information content (AvgIpc) is 2.64. The summed E-state index contributed by atoms with van der Waals surface area (Å²) in [5, 5.41) is 0.520. The summed E-state index contributed by atoms with van der Waals surface area (Å²) in [4.78, 5) is 11.3. The molecule has 0 saturated carbocycles. The minimum absolute atomic E-state index is 0.112. The lowest BCUT2D eigenvalue weighted by molar-refractivity contribution is -0.143. The second kappa shape index (κ2) is 4.35. The zero-order valence-electron chi connectivity index (χ0n) is 8.94. The molecule has 0 aliphatic rings. The maximum Gasteiger partial charge on any atom is 0.325 e. The van der Waals surface area contributed by atoms with Gasteiger partial charge in [-0.1, -0.05) is 6.07 Å². The Hall–Kier alpha value is -1.84. The Bertz CT molecular complexity index is 519. The molecule has 0 fully saturated rings. The molecule has 0 aliphatic carbocycles. The monoisotopic (exact) mass is 221 g/mol. The van der Waals surface area contributed by atoms with E-state index in [0.717, 1.165) is 0 Å². The smallest absolute Gasteiger partial charge is 0.325 e. The molecular formula is C12H12FNO2. The first-order valence-corrected chi connectivity index (χ1v) is 5.11. The molecule has 0 saturated heterocycles. The second-order valence-corrected chi connectivity index (χ2v) is 3.42. The molecule has 16 heavy (non-hydrogen) atoms. The normalized spacial score (nSPS) is 10.6. The molecular weight excluding hydrogens is 209 g/mol. The summed E-state index contributed by atoms with van der Waals surface area (Å²) in [5.74, 6) is -0.593. The first-order chi connectivity index (χ1) is 7.72. The number of halogens is 1. The van der Waals surface area contributed by atoms with E-state index in [9.17, 15) is 9.18 Å². The summed E-state index contributed by atoms with van der Waals surface area (Å²) in [7, 11) is 0. The van der Waals surface area contributed by atoms with E-state index in [1.165, 1.54) is 6.07 Å². The second-order valence-electron chi connectivity index (χ2n) is 3.42. The van der Waals surface area contributed by atoms with E-state index in [0.29, 0.717) is 17.5 Å². The van der Waals surface area contributed by atoms with Gasteiger partial charge in [0.25, 0.3) is 0 Å².